The maximum absolute atomic E-state index is 12.6. The highest BCUT2D eigenvalue weighted by molar-refractivity contribution is 6.03. The minimum atomic E-state index is -0.398. The van der Waals surface area contributed by atoms with E-state index in [0.717, 1.165) is 12.0 Å². The summed E-state index contributed by atoms with van der Waals surface area (Å²) < 4.78 is 0. The third kappa shape index (κ3) is 2.37. The van der Waals surface area contributed by atoms with Gasteiger partial charge in [-0.2, -0.15) is 0 Å². The maximum atomic E-state index is 12.6. The Bertz CT molecular complexity index is 627. The van der Waals surface area contributed by atoms with E-state index in [1.54, 1.807) is 30.1 Å². The first-order valence-corrected chi connectivity index (χ1v) is 7.05. The number of carbonyl (C=O) groups is 3. The second-order valence-electron chi connectivity index (χ2n) is 5.37. The predicted molar refractivity (Wildman–Crippen MR) is 76.9 cm³/mol. The summed E-state index contributed by atoms with van der Waals surface area (Å²) in [5.74, 6) is -0.348. The number of nitrogens with zero attached hydrogens (tertiary/aromatic N) is 1. The second kappa shape index (κ2) is 5.20. The first kappa shape index (κ1) is 13.6. The number of nitrogens with one attached hydrogen (secondary N) is 2. The molecule has 2 N–H and O–H groups in total. The van der Waals surface area contributed by atoms with E-state index in [0.29, 0.717) is 30.6 Å². The quantitative estimate of drug-likeness (QED) is 0.833. The average Bonchev–Trinajstić information content (AvgIpc) is 3.09. The number of benzene rings is 1. The van der Waals surface area contributed by atoms with Gasteiger partial charge in [0.15, 0.2) is 0 Å². The summed E-state index contributed by atoms with van der Waals surface area (Å²) in [6, 6.07) is 4.82. The smallest absolute Gasteiger partial charge is 0.254 e. The van der Waals surface area contributed by atoms with Gasteiger partial charge in [0.2, 0.25) is 11.8 Å². The Morgan fingerprint density at radius 3 is 2.95 bits per heavy atom. The summed E-state index contributed by atoms with van der Waals surface area (Å²) in [7, 11) is 1.58. The molecule has 110 valence electrons. The lowest BCUT2D eigenvalue weighted by Gasteiger charge is -2.23. The lowest BCUT2D eigenvalue weighted by Crippen LogP contribution is -2.44. The van der Waals surface area contributed by atoms with Gasteiger partial charge in [-0.3, -0.25) is 14.4 Å². The molecular weight excluding hydrogens is 270 g/mol. The molecule has 6 nitrogen and oxygen atoms in total. The zero-order valence-electron chi connectivity index (χ0n) is 11.8. The Morgan fingerprint density at radius 2 is 2.19 bits per heavy atom. The summed E-state index contributed by atoms with van der Waals surface area (Å²) in [5.41, 5.74) is 2.11. The highest BCUT2D eigenvalue weighted by atomic mass is 16.2. The number of hydrogen-bond acceptors (Lipinski definition) is 3. The van der Waals surface area contributed by atoms with Crippen LogP contribution in [0.2, 0.25) is 0 Å². The topological polar surface area (TPSA) is 78.5 Å². The average molecular weight is 287 g/mol. The van der Waals surface area contributed by atoms with Gasteiger partial charge in [-0.1, -0.05) is 6.07 Å². The molecule has 2 aliphatic rings. The highest BCUT2D eigenvalue weighted by Gasteiger charge is 2.34. The van der Waals surface area contributed by atoms with E-state index in [4.69, 9.17) is 0 Å². The summed E-state index contributed by atoms with van der Waals surface area (Å²) >= 11 is 0. The molecule has 1 aromatic carbocycles. The van der Waals surface area contributed by atoms with Crippen molar-refractivity contribution < 1.29 is 14.4 Å². The standard InChI is InChI=1S/C15H17N3O3/c1-16-14(20)12-3-2-6-18(12)15(21)10-5-4-9-8-13(19)17-11(9)7-10/h4-5,7,12H,2-3,6,8H2,1H3,(H,16,20)(H,17,19). The molecule has 2 aliphatic heterocycles. The Balaban J connectivity index is 1.84. The number of carbonyl (C=O) groups excluding carboxylic acids is 3. The molecule has 2 heterocycles. The van der Waals surface area contributed by atoms with Crippen molar-refractivity contribution in [3.63, 3.8) is 0 Å². The molecule has 3 amide bonds. The van der Waals surface area contributed by atoms with E-state index in [9.17, 15) is 14.4 Å². The van der Waals surface area contributed by atoms with Crippen LogP contribution < -0.4 is 10.6 Å². The molecule has 0 aromatic heterocycles. The second-order valence-corrected chi connectivity index (χ2v) is 5.37. The van der Waals surface area contributed by atoms with E-state index in [2.05, 4.69) is 10.6 Å². The largest absolute Gasteiger partial charge is 0.357 e. The van der Waals surface area contributed by atoms with Gasteiger partial charge < -0.3 is 15.5 Å². The van der Waals surface area contributed by atoms with E-state index < -0.39 is 6.04 Å². The van der Waals surface area contributed by atoms with Crippen molar-refractivity contribution in [3.05, 3.63) is 29.3 Å². The van der Waals surface area contributed by atoms with E-state index in [-0.39, 0.29) is 17.7 Å². The number of anilines is 1. The van der Waals surface area contributed by atoms with Crippen LogP contribution in [0.1, 0.15) is 28.8 Å². The molecule has 0 spiro atoms. The van der Waals surface area contributed by atoms with Crippen molar-refractivity contribution in [2.45, 2.75) is 25.3 Å². The van der Waals surface area contributed by atoms with Crippen molar-refractivity contribution in [2.75, 3.05) is 18.9 Å². The van der Waals surface area contributed by atoms with Crippen molar-refractivity contribution >= 4 is 23.4 Å². The van der Waals surface area contributed by atoms with Crippen molar-refractivity contribution in [3.8, 4) is 0 Å². The van der Waals surface area contributed by atoms with Crippen LogP contribution in [0.5, 0.6) is 0 Å². The molecular formula is C15H17N3O3. The van der Waals surface area contributed by atoms with Crippen molar-refractivity contribution in [1.82, 2.24) is 10.2 Å². The molecule has 1 fully saturated rings. The van der Waals surface area contributed by atoms with Gasteiger partial charge >= 0.3 is 0 Å². The van der Waals surface area contributed by atoms with E-state index in [1.807, 2.05) is 0 Å². The zero-order valence-corrected chi connectivity index (χ0v) is 11.8. The van der Waals surface area contributed by atoms with Crippen molar-refractivity contribution in [2.24, 2.45) is 0 Å². The highest BCUT2D eigenvalue weighted by Crippen LogP contribution is 2.26. The van der Waals surface area contributed by atoms with E-state index in [1.165, 1.54) is 0 Å². The normalized spacial score (nSPS) is 20.1. The maximum Gasteiger partial charge on any atom is 0.254 e. The fourth-order valence-electron chi connectivity index (χ4n) is 2.96. The Hall–Kier alpha value is -2.37. The zero-order chi connectivity index (χ0) is 15.0. The minimum absolute atomic E-state index is 0.0565. The van der Waals surface area contributed by atoms with Gasteiger partial charge in [-0.25, -0.2) is 0 Å². The summed E-state index contributed by atoms with van der Waals surface area (Å²) in [6.45, 7) is 0.584. The molecule has 1 atom stereocenters. The molecule has 0 aliphatic carbocycles. The predicted octanol–water partition coefficient (Wildman–Crippen LogP) is 0.532. The van der Waals surface area contributed by atoms with Gasteiger partial charge in [0.1, 0.15) is 6.04 Å². The van der Waals surface area contributed by atoms with Crippen LogP contribution in [0.25, 0.3) is 0 Å². The van der Waals surface area contributed by atoms with Crippen LogP contribution in [0.3, 0.4) is 0 Å². The fraction of sp³-hybridized carbons (Fsp3) is 0.400. The minimum Gasteiger partial charge on any atom is -0.357 e. The molecule has 1 saturated heterocycles. The van der Waals surface area contributed by atoms with Crippen LogP contribution in [0.4, 0.5) is 5.69 Å². The molecule has 0 saturated carbocycles. The molecule has 1 unspecified atom stereocenters. The van der Waals surface area contributed by atoms with Gasteiger partial charge in [-0.15, -0.1) is 0 Å². The number of hydrogen-bond donors (Lipinski definition) is 2. The van der Waals surface area contributed by atoms with Crippen LogP contribution in [0.15, 0.2) is 18.2 Å². The Kier molecular flexibility index (Phi) is 3.37. The molecule has 0 bridgehead atoms. The van der Waals surface area contributed by atoms with Crippen LogP contribution in [-0.4, -0.2) is 42.3 Å². The van der Waals surface area contributed by atoms with Gasteiger partial charge in [0.05, 0.1) is 6.42 Å². The summed E-state index contributed by atoms with van der Waals surface area (Å²) in [6.07, 6.45) is 1.87. The van der Waals surface area contributed by atoms with Gasteiger partial charge in [0, 0.05) is 24.8 Å². The third-order valence-corrected chi connectivity index (χ3v) is 4.04. The first-order valence-electron chi connectivity index (χ1n) is 7.05. The lowest BCUT2D eigenvalue weighted by atomic mass is 10.1. The number of rotatable bonds is 2. The molecule has 3 rings (SSSR count). The summed E-state index contributed by atoms with van der Waals surface area (Å²) in [4.78, 5) is 37.4. The van der Waals surface area contributed by atoms with E-state index >= 15 is 0 Å². The number of fused-ring (bicyclic) bond motifs is 1. The Labute approximate surface area is 122 Å². The SMILES string of the molecule is CNC(=O)C1CCCN1C(=O)c1ccc2c(c1)NC(=O)C2. The summed E-state index contributed by atoms with van der Waals surface area (Å²) in [5, 5.41) is 5.34. The van der Waals surface area contributed by atoms with Crippen LogP contribution >= 0.6 is 0 Å². The number of likely N-dealkylation sites (N-methyl/N-ethyl adjacent to an activating group) is 1. The van der Waals surface area contributed by atoms with Crippen LogP contribution in [-0.2, 0) is 16.0 Å². The Morgan fingerprint density at radius 1 is 1.38 bits per heavy atom. The molecule has 21 heavy (non-hydrogen) atoms. The monoisotopic (exact) mass is 287 g/mol. The fourth-order valence-corrected chi connectivity index (χ4v) is 2.96. The lowest BCUT2D eigenvalue weighted by molar-refractivity contribution is -0.124. The van der Waals surface area contributed by atoms with Crippen LogP contribution in [0, 0.1) is 0 Å². The van der Waals surface area contributed by atoms with Gasteiger partial charge in [0.25, 0.3) is 5.91 Å². The molecule has 0 radical (unpaired) electrons. The van der Waals surface area contributed by atoms with Gasteiger partial charge in [-0.05, 0) is 30.5 Å². The third-order valence-electron chi connectivity index (χ3n) is 4.04. The molecule has 6 heteroatoms. The first-order chi connectivity index (χ1) is 10.1. The number of amides is 3. The molecule has 1 aromatic rings. The van der Waals surface area contributed by atoms with Crippen molar-refractivity contribution in [1.29, 1.82) is 0 Å². The number of likely N-dealkylation sites (tertiary alicyclic amines) is 1.